The monoisotopic (exact) mass is 383 g/mol. The first-order valence-electron chi connectivity index (χ1n) is 8.43. The Hall–Kier alpha value is -3.11. The number of rotatable bonds is 3. The van der Waals surface area contributed by atoms with Crippen LogP contribution in [0.2, 0.25) is 5.02 Å². The molecule has 1 aliphatic rings. The summed E-state index contributed by atoms with van der Waals surface area (Å²) in [5, 5.41) is 13.0. The third kappa shape index (κ3) is 3.44. The van der Waals surface area contributed by atoms with Crippen molar-refractivity contribution in [2.45, 2.75) is 12.5 Å². The molecule has 3 heterocycles. The van der Waals surface area contributed by atoms with Crippen molar-refractivity contribution in [2.24, 2.45) is 0 Å². The highest BCUT2D eigenvalue weighted by Gasteiger charge is 2.27. The van der Waals surface area contributed by atoms with E-state index in [0.29, 0.717) is 46.1 Å². The van der Waals surface area contributed by atoms with Crippen molar-refractivity contribution in [3.63, 3.8) is 0 Å². The standard InChI is InChI=1S/C19H15ClFN5O/c20-15-5-11(8-22)9-23-18(15)26-4-3-14(10-26)24-19(27)17-7-12-6-13(21)1-2-16(12)25-17/h1-2,5-7,9,14,25H,3-4,10H2,(H,24,27)/t14-/m1/s1. The van der Waals surface area contributed by atoms with Crippen LogP contribution >= 0.6 is 11.6 Å². The number of amides is 1. The molecule has 1 aliphatic heterocycles. The number of nitriles is 1. The molecule has 0 aliphatic carbocycles. The summed E-state index contributed by atoms with van der Waals surface area (Å²) >= 11 is 6.22. The number of fused-ring (bicyclic) bond motifs is 1. The molecule has 4 rings (SSSR count). The first kappa shape index (κ1) is 17.3. The van der Waals surface area contributed by atoms with Crippen LogP contribution in [0.1, 0.15) is 22.5 Å². The van der Waals surface area contributed by atoms with Crippen LogP contribution in [0.3, 0.4) is 0 Å². The normalized spacial score (nSPS) is 16.5. The predicted molar refractivity (Wildman–Crippen MR) is 100 cm³/mol. The predicted octanol–water partition coefficient (Wildman–Crippen LogP) is 3.24. The second-order valence-corrected chi connectivity index (χ2v) is 6.87. The average Bonchev–Trinajstić information content (AvgIpc) is 3.28. The highest BCUT2D eigenvalue weighted by molar-refractivity contribution is 6.33. The van der Waals surface area contributed by atoms with Gasteiger partial charge in [-0.3, -0.25) is 4.79 Å². The molecule has 0 saturated carbocycles. The SMILES string of the molecule is N#Cc1cnc(N2CC[C@@H](NC(=O)c3cc4cc(F)ccc4[nH]3)C2)c(Cl)c1. The maximum Gasteiger partial charge on any atom is 0.268 e. The molecule has 1 atom stereocenters. The van der Waals surface area contributed by atoms with Crippen molar-refractivity contribution in [3.8, 4) is 6.07 Å². The van der Waals surface area contributed by atoms with Crippen LogP contribution in [-0.4, -0.2) is 35.0 Å². The number of carbonyl (C=O) groups is 1. The first-order valence-corrected chi connectivity index (χ1v) is 8.81. The van der Waals surface area contributed by atoms with Crippen LogP contribution < -0.4 is 10.2 Å². The van der Waals surface area contributed by atoms with E-state index in [9.17, 15) is 9.18 Å². The molecule has 6 nitrogen and oxygen atoms in total. The molecule has 8 heteroatoms. The van der Waals surface area contributed by atoms with Gasteiger partial charge >= 0.3 is 0 Å². The smallest absolute Gasteiger partial charge is 0.268 e. The van der Waals surface area contributed by atoms with Crippen molar-refractivity contribution in [2.75, 3.05) is 18.0 Å². The minimum absolute atomic E-state index is 0.0610. The summed E-state index contributed by atoms with van der Waals surface area (Å²) in [7, 11) is 0. The van der Waals surface area contributed by atoms with Gasteiger partial charge in [0, 0.05) is 36.2 Å². The van der Waals surface area contributed by atoms with E-state index in [1.807, 2.05) is 11.0 Å². The Bertz CT molecular complexity index is 1070. The van der Waals surface area contributed by atoms with Gasteiger partial charge in [0.15, 0.2) is 0 Å². The van der Waals surface area contributed by atoms with Gasteiger partial charge in [0.25, 0.3) is 5.91 Å². The van der Waals surface area contributed by atoms with Gasteiger partial charge in [0.1, 0.15) is 23.4 Å². The lowest BCUT2D eigenvalue weighted by Gasteiger charge is -2.19. The van der Waals surface area contributed by atoms with Gasteiger partial charge < -0.3 is 15.2 Å². The number of nitrogens with zero attached hydrogens (tertiary/aromatic N) is 3. The van der Waals surface area contributed by atoms with E-state index in [4.69, 9.17) is 16.9 Å². The fourth-order valence-electron chi connectivity index (χ4n) is 3.28. The molecule has 0 unspecified atom stereocenters. The highest BCUT2D eigenvalue weighted by atomic mass is 35.5. The number of nitrogens with one attached hydrogen (secondary N) is 2. The highest BCUT2D eigenvalue weighted by Crippen LogP contribution is 2.27. The average molecular weight is 384 g/mol. The molecular weight excluding hydrogens is 369 g/mol. The van der Waals surface area contributed by atoms with Crippen LogP contribution in [0.25, 0.3) is 10.9 Å². The number of halogens is 2. The summed E-state index contributed by atoms with van der Waals surface area (Å²) in [6, 6.07) is 9.51. The Morgan fingerprint density at radius 1 is 1.41 bits per heavy atom. The molecule has 136 valence electrons. The van der Waals surface area contributed by atoms with E-state index in [1.165, 1.54) is 18.3 Å². The summed E-state index contributed by atoms with van der Waals surface area (Å²) in [5.74, 6) is 0.0255. The minimum atomic E-state index is -0.341. The largest absolute Gasteiger partial charge is 0.353 e. The number of H-pyrrole nitrogens is 1. The summed E-state index contributed by atoms with van der Waals surface area (Å²) in [5.41, 5.74) is 1.51. The lowest BCUT2D eigenvalue weighted by Crippen LogP contribution is -2.37. The number of aromatic amines is 1. The zero-order valence-electron chi connectivity index (χ0n) is 14.2. The van der Waals surface area contributed by atoms with Crippen molar-refractivity contribution in [1.82, 2.24) is 15.3 Å². The Morgan fingerprint density at radius 3 is 3.04 bits per heavy atom. The zero-order chi connectivity index (χ0) is 19.0. The van der Waals surface area contributed by atoms with Gasteiger partial charge in [-0.25, -0.2) is 9.37 Å². The van der Waals surface area contributed by atoms with Crippen molar-refractivity contribution < 1.29 is 9.18 Å². The van der Waals surface area contributed by atoms with Crippen LogP contribution in [-0.2, 0) is 0 Å². The third-order valence-corrected chi connectivity index (χ3v) is 4.88. The number of anilines is 1. The van der Waals surface area contributed by atoms with Gasteiger partial charge in [-0.15, -0.1) is 0 Å². The molecule has 3 aromatic rings. The Labute approximate surface area is 159 Å². The van der Waals surface area contributed by atoms with E-state index >= 15 is 0 Å². The van der Waals surface area contributed by atoms with Gasteiger partial charge in [-0.05, 0) is 36.8 Å². The summed E-state index contributed by atoms with van der Waals surface area (Å²) in [6.45, 7) is 1.26. The topological polar surface area (TPSA) is 84.8 Å². The van der Waals surface area contributed by atoms with Crippen LogP contribution in [0, 0.1) is 17.1 Å². The Balaban J connectivity index is 1.44. The molecular formula is C19H15ClFN5O. The number of carbonyl (C=O) groups excluding carboxylic acids is 1. The lowest BCUT2D eigenvalue weighted by molar-refractivity contribution is 0.0936. The van der Waals surface area contributed by atoms with E-state index in [0.717, 1.165) is 6.42 Å². The number of hydrogen-bond donors (Lipinski definition) is 2. The van der Waals surface area contributed by atoms with Crippen LogP contribution in [0.4, 0.5) is 10.2 Å². The van der Waals surface area contributed by atoms with Crippen molar-refractivity contribution in [3.05, 3.63) is 58.6 Å². The number of pyridine rings is 1. The summed E-state index contributed by atoms with van der Waals surface area (Å²) in [4.78, 5) is 21.8. The van der Waals surface area contributed by atoms with Crippen molar-refractivity contribution >= 4 is 34.2 Å². The second-order valence-electron chi connectivity index (χ2n) is 6.46. The number of aromatic nitrogens is 2. The third-order valence-electron chi connectivity index (χ3n) is 4.60. The molecule has 1 fully saturated rings. The van der Waals surface area contributed by atoms with E-state index in [1.54, 1.807) is 18.2 Å². The molecule has 2 N–H and O–H groups in total. The molecule has 0 spiro atoms. The molecule has 1 saturated heterocycles. The zero-order valence-corrected chi connectivity index (χ0v) is 14.9. The molecule has 0 radical (unpaired) electrons. The van der Waals surface area contributed by atoms with Gasteiger partial charge in [-0.1, -0.05) is 11.6 Å². The summed E-state index contributed by atoms with van der Waals surface area (Å²) in [6.07, 6.45) is 2.23. The van der Waals surface area contributed by atoms with Crippen molar-refractivity contribution in [1.29, 1.82) is 5.26 Å². The summed E-state index contributed by atoms with van der Waals surface area (Å²) < 4.78 is 13.3. The molecule has 2 aromatic heterocycles. The number of hydrogen-bond acceptors (Lipinski definition) is 4. The fourth-order valence-corrected chi connectivity index (χ4v) is 3.57. The minimum Gasteiger partial charge on any atom is -0.353 e. The Morgan fingerprint density at radius 2 is 2.26 bits per heavy atom. The van der Waals surface area contributed by atoms with Crippen LogP contribution in [0.5, 0.6) is 0 Å². The molecule has 1 amide bonds. The molecule has 27 heavy (non-hydrogen) atoms. The molecule has 1 aromatic carbocycles. The lowest BCUT2D eigenvalue weighted by atomic mass is 10.2. The van der Waals surface area contributed by atoms with Crippen LogP contribution in [0.15, 0.2) is 36.5 Å². The maximum atomic E-state index is 13.3. The second kappa shape index (κ2) is 6.89. The van der Waals surface area contributed by atoms with Gasteiger partial charge in [0.2, 0.25) is 0 Å². The Kier molecular flexibility index (Phi) is 4.42. The quantitative estimate of drug-likeness (QED) is 0.727. The number of benzene rings is 1. The van der Waals surface area contributed by atoms with Gasteiger partial charge in [0.05, 0.1) is 10.6 Å². The van der Waals surface area contributed by atoms with E-state index < -0.39 is 0 Å². The maximum absolute atomic E-state index is 13.3. The molecule has 0 bridgehead atoms. The van der Waals surface area contributed by atoms with Gasteiger partial charge in [-0.2, -0.15) is 5.26 Å². The van der Waals surface area contributed by atoms with E-state index in [-0.39, 0.29) is 17.8 Å². The first-order chi connectivity index (χ1) is 13.0. The fraction of sp³-hybridized carbons (Fsp3) is 0.211. The van der Waals surface area contributed by atoms with E-state index in [2.05, 4.69) is 15.3 Å².